The van der Waals surface area contributed by atoms with Crippen molar-refractivity contribution in [3.05, 3.63) is 59.9 Å². The minimum absolute atomic E-state index is 0.0876. The molecule has 1 fully saturated rings. The van der Waals surface area contributed by atoms with Crippen LogP contribution < -0.4 is 4.72 Å². The van der Waals surface area contributed by atoms with Gasteiger partial charge in [0.15, 0.2) is 0 Å². The number of hydrogen-bond donors (Lipinski definition) is 1. The van der Waals surface area contributed by atoms with Crippen molar-refractivity contribution in [1.29, 1.82) is 0 Å². The number of nitrogens with zero attached hydrogens (tertiary/aromatic N) is 2. The molecule has 1 N–H and O–H groups in total. The first kappa shape index (κ1) is 18.5. The molecule has 0 atom stereocenters. The molecule has 1 aromatic carbocycles. The number of pyridine rings is 1. The van der Waals surface area contributed by atoms with Crippen LogP contribution in [0, 0.1) is 5.92 Å². The monoisotopic (exact) mass is 373 g/mol. The van der Waals surface area contributed by atoms with Gasteiger partial charge in [0.25, 0.3) is 5.91 Å². The summed E-state index contributed by atoms with van der Waals surface area (Å²) in [6.45, 7) is 3.72. The molecule has 1 aliphatic heterocycles. The van der Waals surface area contributed by atoms with E-state index in [2.05, 4.69) is 16.6 Å². The molecule has 1 aliphatic rings. The summed E-state index contributed by atoms with van der Waals surface area (Å²) >= 11 is 0. The van der Waals surface area contributed by atoms with Gasteiger partial charge in [-0.1, -0.05) is 19.1 Å². The SMILES string of the molecule is CC1CCN(C(=O)c2cccc(S(=O)(=O)NCc3ccccn3)c2)CC1. The average molecular weight is 373 g/mol. The van der Waals surface area contributed by atoms with E-state index in [1.807, 2.05) is 0 Å². The second-order valence-electron chi connectivity index (χ2n) is 6.65. The van der Waals surface area contributed by atoms with Gasteiger partial charge < -0.3 is 4.90 Å². The van der Waals surface area contributed by atoms with Crippen LogP contribution in [0.25, 0.3) is 0 Å². The molecule has 0 spiro atoms. The fraction of sp³-hybridized carbons (Fsp3) is 0.368. The largest absolute Gasteiger partial charge is 0.339 e. The Morgan fingerprint density at radius 3 is 2.65 bits per heavy atom. The fourth-order valence-corrected chi connectivity index (χ4v) is 3.99. The highest BCUT2D eigenvalue weighted by Crippen LogP contribution is 2.19. The molecular formula is C19H23N3O3S. The van der Waals surface area contributed by atoms with Crippen molar-refractivity contribution in [2.75, 3.05) is 13.1 Å². The molecule has 0 aliphatic carbocycles. The van der Waals surface area contributed by atoms with Crippen LogP contribution in [0.15, 0.2) is 53.6 Å². The third-order valence-corrected chi connectivity index (χ3v) is 6.03. The van der Waals surface area contributed by atoms with E-state index in [4.69, 9.17) is 0 Å². The molecule has 26 heavy (non-hydrogen) atoms. The minimum Gasteiger partial charge on any atom is -0.339 e. The number of nitrogens with one attached hydrogen (secondary N) is 1. The van der Waals surface area contributed by atoms with Gasteiger partial charge in [-0.2, -0.15) is 0 Å². The van der Waals surface area contributed by atoms with E-state index in [1.165, 1.54) is 12.1 Å². The lowest BCUT2D eigenvalue weighted by molar-refractivity contribution is 0.0697. The molecule has 3 rings (SSSR count). The quantitative estimate of drug-likeness (QED) is 0.873. The lowest BCUT2D eigenvalue weighted by atomic mass is 9.98. The van der Waals surface area contributed by atoms with Crippen molar-refractivity contribution in [3.8, 4) is 0 Å². The van der Waals surface area contributed by atoms with E-state index in [9.17, 15) is 13.2 Å². The standard InChI is InChI=1S/C19H23N3O3S/c1-15-8-11-22(12-9-15)19(23)16-5-4-7-18(13-16)26(24,25)21-14-17-6-2-3-10-20-17/h2-7,10,13,15,21H,8-9,11-12,14H2,1H3. The number of benzene rings is 1. The van der Waals surface area contributed by atoms with Gasteiger partial charge in [0.2, 0.25) is 10.0 Å². The second kappa shape index (κ2) is 7.97. The van der Waals surface area contributed by atoms with E-state index in [-0.39, 0.29) is 17.3 Å². The second-order valence-corrected chi connectivity index (χ2v) is 8.42. The zero-order valence-corrected chi connectivity index (χ0v) is 15.6. The maximum Gasteiger partial charge on any atom is 0.253 e. The molecule has 138 valence electrons. The van der Waals surface area contributed by atoms with Crippen LogP contribution in [-0.4, -0.2) is 37.3 Å². The molecule has 1 aromatic heterocycles. The van der Waals surface area contributed by atoms with Crippen LogP contribution in [0.4, 0.5) is 0 Å². The Balaban J connectivity index is 1.72. The van der Waals surface area contributed by atoms with Crippen LogP contribution in [0.3, 0.4) is 0 Å². The summed E-state index contributed by atoms with van der Waals surface area (Å²) in [7, 11) is -3.71. The van der Waals surface area contributed by atoms with Gasteiger partial charge >= 0.3 is 0 Å². The van der Waals surface area contributed by atoms with Crippen LogP contribution in [0.2, 0.25) is 0 Å². The number of hydrogen-bond acceptors (Lipinski definition) is 4. The predicted octanol–water partition coefficient (Wildman–Crippen LogP) is 2.43. The number of likely N-dealkylation sites (tertiary alicyclic amines) is 1. The minimum atomic E-state index is -3.71. The molecule has 2 heterocycles. The Morgan fingerprint density at radius 2 is 1.96 bits per heavy atom. The maximum atomic E-state index is 12.7. The first-order valence-electron chi connectivity index (χ1n) is 8.74. The molecule has 6 nitrogen and oxygen atoms in total. The van der Waals surface area contributed by atoms with Crippen LogP contribution in [0.1, 0.15) is 35.8 Å². The Morgan fingerprint density at radius 1 is 1.19 bits per heavy atom. The third kappa shape index (κ3) is 4.47. The van der Waals surface area contributed by atoms with Crippen molar-refractivity contribution in [3.63, 3.8) is 0 Å². The maximum absolute atomic E-state index is 12.7. The Labute approximate surface area is 154 Å². The van der Waals surface area contributed by atoms with Gasteiger partial charge in [-0.15, -0.1) is 0 Å². The molecular weight excluding hydrogens is 350 g/mol. The molecule has 7 heteroatoms. The number of amides is 1. The zero-order chi connectivity index (χ0) is 18.6. The van der Waals surface area contributed by atoms with Gasteiger partial charge in [-0.05, 0) is 49.1 Å². The summed E-state index contributed by atoms with van der Waals surface area (Å²) in [6, 6.07) is 11.5. The lowest BCUT2D eigenvalue weighted by Crippen LogP contribution is -2.38. The molecule has 1 amide bonds. The normalized spacial score (nSPS) is 15.8. The average Bonchev–Trinajstić information content (AvgIpc) is 2.67. The Hall–Kier alpha value is -2.25. The van der Waals surface area contributed by atoms with Crippen molar-refractivity contribution in [1.82, 2.24) is 14.6 Å². The molecule has 2 aromatic rings. The van der Waals surface area contributed by atoms with Crippen molar-refractivity contribution in [2.45, 2.75) is 31.2 Å². The first-order chi connectivity index (χ1) is 12.5. The summed E-state index contributed by atoms with van der Waals surface area (Å²) in [4.78, 5) is 18.7. The highest BCUT2D eigenvalue weighted by atomic mass is 32.2. The summed E-state index contributed by atoms with van der Waals surface area (Å²) in [5, 5.41) is 0. The molecule has 0 saturated carbocycles. The van der Waals surface area contributed by atoms with E-state index >= 15 is 0 Å². The number of piperidine rings is 1. The van der Waals surface area contributed by atoms with Gasteiger partial charge in [0, 0.05) is 24.8 Å². The van der Waals surface area contributed by atoms with Crippen molar-refractivity contribution >= 4 is 15.9 Å². The molecule has 0 radical (unpaired) electrons. The molecule has 0 bridgehead atoms. The van der Waals surface area contributed by atoms with E-state index < -0.39 is 10.0 Å². The number of sulfonamides is 1. The fourth-order valence-electron chi connectivity index (χ4n) is 2.95. The number of carbonyl (C=O) groups excluding carboxylic acids is 1. The van der Waals surface area contributed by atoms with Gasteiger partial charge in [0.05, 0.1) is 17.1 Å². The summed E-state index contributed by atoms with van der Waals surface area (Å²) < 4.78 is 27.6. The highest BCUT2D eigenvalue weighted by Gasteiger charge is 2.23. The van der Waals surface area contributed by atoms with E-state index in [0.29, 0.717) is 17.2 Å². The van der Waals surface area contributed by atoms with Gasteiger partial charge in [0.1, 0.15) is 0 Å². The van der Waals surface area contributed by atoms with Gasteiger partial charge in [-0.3, -0.25) is 9.78 Å². The molecule has 0 unspecified atom stereocenters. The summed E-state index contributed by atoms with van der Waals surface area (Å²) in [6.07, 6.45) is 3.58. The summed E-state index contributed by atoms with van der Waals surface area (Å²) in [5.41, 5.74) is 1.03. The first-order valence-corrected chi connectivity index (χ1v) is 10.2. The lowest BCUT2D eigenvalue weighted by Gasteiger charge is -2.30. The number of aromatic nitrogens is 1. The van der Waals surface area contributed by atoms with Crippen LogP contribution in [-0.2, 0) is 16.6 Å². The van der Waals surface area contributed by atoms with Crippen molar-refractivity contribution < 1.29 is 13.2 Å². The van der Waals surface area contributed by atoms with Crippen molar-refractivity contribution in [2.24, 2.45) is 5.92 Å². The topological polar surface area (TPSA) is 79.4 Å². The third-order valence-electron chi connectivity index (χ3n) is 4.63. The predicted molar refractivity (Wildman–Crippen MR) is 99.0 cm³/mol. The Bertz CT molecular complexity index is 861. The number of carbonyl (C=O) groups is 1. The smallest absolute Gasteiger partial charge is 0.253 e. The molecule has 1 saturated heterocycles. The van der Waals surface area contributed by atoms with Crippen LogP contribution in [0.5, 0.6) is 0 Å². The van der Waals surface area contributed by atoms with Crippen LogP contribution >= 0.6 is 0 Å². The highest BCUT2D eigenvalue weighted by molar-refractivity contribution is 7.89. The number of rotatable bonds is 5. The Kier molecular flexibility index (Phi) is 5.68. The summed E-state index contributed by atoms with van der Waals surface area (Å²) in [5.74, 6) is 0.514. The van der Waals surface area contributed by atoms with Gasteiger partial charge in [-0.25, -0.2) is 13.1 Å². The van der Waals surface area contributed by atoms with E-state index in [0.717, 1.165) is 25.9 Å². The zero-order valence-electron chi connectivity index (χ0n) is 14.8. The van der Waals surface area contributed by atoms with E-state index in [1.54, 1.807) is 41.4 Å².